The lowest BCUT2D eigenvalue weighted by Crippen LogP contribution is -2.29. The molecule has 3 rings (SSSR count). The summed E-state index contributed by atoms with van der Waals surface area (Å²) >= 11 is 0. The zero-order valence-electron chi connectivity index (χ0n) is 17.8. The predicted molar refractivity (Wildman–Crippen MR) is 118 cm³/mol. The smallest absolute Gasteiger partial charge is 0.276 e. The van der Waals surface area contributed by atoms with Gasteiger partial charge >= 0.3 is 0 Å². The third-order valence-electron chi connectivity index (χ3n) is 4.43. The number of benzene rings is 2. The summed E-state index contributed by atoms with van der Waals surface area (Å²) in [5.41, 5.74) is 0.472. The van der Waals surface area contributed by atoms with Gasteiger partial charge in [-0.25, -0.2) is 4.68 Å². The van der Waals surface area contributed by atoms with Gasteiger partial charge in [0.05, 0.1) is 24.3 Å². The highest BCUT2D eigenvalue weighted by molar-refractivity contribution is 6.11. The highest BCUT2D eigenvalue weighted by Crippen LogP contribution is 2.30. The normalized spacial score (nSPS) is 11.0. The van der Waals surface area contributed by atoms with Crippen molar-refractivity contribution in [3.63, 3.8) is 0 Å². The van der Waals surface area contributed by atoms with E-state index in [1.54, 1.807) is 42.5 Å². The summed E-state index contributed by atoms with van der Waals surface area (Å²) in [6.07, 6.45) is 0. The summed E-state index contributed by atoms with van der Waals surface area (Å²) in [4.78, 5) is 26.0. The molecule has 1 N–H and O–H groups in total. The van der Waals surface area contributed by atoms with Crippen molar-refractivity contribution in [1.29, 1.82) is 0 Å². The Morgan fingerprint density at radius 3 is 2.43 bits per heavy atom. The van der Waals surface area contributed by atoms with Crippen LogP contribution in [0.2, 0.25) is 0 Å². The topological polar surface area (TPSA) is 82.4 Å². The maximum absolute atomic E-state index is 13.2. The first-order valence-electron chi connectivity index (χ1n) is 10.1. The van der Waals surface area contributed by atoms with Crippen LogP contribution in [0.4, 0.5) is 5.69 Å². The van der Waals surface area contributed by atoms with Gasteiger partial charge in [-0.3, -0.25) is 9.59 Å². The predicted octanol–water partition coefficient (Wildman–Crippen LogP) is 4.10. The van der Waals surface area contributed by atoms with Crippen LogP contribution in [0.1, 0.15) is 38.2 Å². The first-order chi connectivity index (χ1) is 14.4. The second-order valence-electron chi connectivity index (χ2n) is 7.25. The van der Waals surface area contributed by atoms with Crippen LogP contribution in [-0.2, 0) is 6.54 Å². The van der Waals surface area contributed by atoms with Crippen LogP contribution in [-0.4, -0.2) is 28.9 Å². The summed E-state index contributed by atoms with van der Waals surface area (Å²) in [5, 5.41) is 8.25. The van der Waals surface area contributed by atoms with E-state index in [2.05, 4.69) is 10.4 Å². The van der Waals surface area contributed by atoms with Gasteiger partial charge < -0.3 is 14.8 Å². The number of rotatable bonds is 8. The Balaban J connectivity index is 2.06. The molecule has 0 aliphatic heterocycles. The average Bonchev–Trinajstić information content (AvgIpc) is 2.72. The van der Waals surface area contributed by atoms with Gasteiger partial charge in [0.15, 0.2) is 5.69 Å². The number of amides is 1. The highest BCUT2D eigenvalue weighted by atomic mass is 16.5. The Hall–Kier alpha value is -3.35. The van der Waals surface area contributed by atoms with Crippen molar-refractivity contribution in [2.24, 2.45) is 5.92 Å². The Kier molecular flexibility index (Phi) is 6.72. The van der Waals surface area contributed by atoms with Gasteiger partial charge in [-0.2, -0.15) is 5.10 Å². The minimum Gasteiger partial charge on any atom is -0.494 e. The molecule has 0 aliphatic carbocycles. The van der Waals surface area contributed by atoms with Crippen LogP contribution in [0.25, 0.3) is 10.8 Å². The monoisotopic (exact) mass is 409 g/mol. The maximum Gasteiger partial charge on any atom is 0.276 e. The van der Waals surface area contributed by atoms with Crippen LogP contribution in [0.3, 0.4) is 0 Å². The Labute approximate surface area is 175 Å². The third kappa shape index (κ3) is 4.62. The molecule has 1 heterocycles. The molecule has 1 aromatic heterocycles. The summed E-state index contributed by atoms with van der Waals surface area (Å²) < 4.78 is 12.6. The lowest BCUT2D eigenvalue weighted by Gasteiger charge is -2.15. The standard InChI is InChI=1S/C23H27N3O4/c1-5-29-16-11-12-20(30-6-2)19(13-16)24-22(27)21-17-9-7-8-10-18(17)23(28)26(25-21)14-15(3)4/h7-13,15H,5-6,14H2,1-4H3,(H,24,27). The van der Waals surface area contributed by atoms with Crippen LogP contribution >= 0.6 is 0 Å². The van der Waals surface area contributed by atoms with Crippen molar-refractivity contribution < 1.29 is 14.3 Å². The highest BCUT2D eigenvalue weighted by Gasteiger charge is 2.19. The van der Waals surface area contributed by atoms with Gasteiger partial charge in [-0.15, -0.1) is 0 Å². The summed E-state index contributed by atoms with van der Waals surface area (Å²) in [6, 6.07) is 12.3. The van der Waals surface area contributed by atoms with Crippen molar-refractivity contribution in [2.75, 3.05) is 18.5 Å². The molecule has 0 fully saturated rings. The number of carbonyl (C=O) groups excluding carboxylic acids is 1. The third-order valence-corrected chi connectivity index (χ3v) is 4.43. The van der Waals surface area contributed by atoms with Gasteiger partial charge in [0.1, 0.15) is 11.5 Å². The van der Waals surface area contributed by atoms with Crippen molar-refractivity contribution >= 4 is 22.4 Å². The molecule has 1 amide bonds. The van der Waals surface area contributed by atoms with E-state index in [4.69, 9.17) is 9.47 Å². The minimum absolute atomic E-state index is 0.190. The van der Waals surface area contributed by atoms with Gasteiger partial charge in [-0.1, -0.05) is 32.0 Å². The molecule has 0 unspecified atom stereocenters. The number of anilines is 1. The lowest BCUT2D eigenvalue weighted by atomic mass is 10.1. The molecule has 0 radical (unpaired) electrons. The molecular weight excluding hydrogens is 382 g/mol. The maximum atomic E-state index is 13.2. The molecule has 2 aromatic carbocycles. The van der Waals surface area contributed by atoms with E-state index in [0.29, 0.717) is 47.7 Å². The molecule has 158 valence electrons. The van der Waals surface area contributed by atoms with Crippen LogP contribution in [0.15, 0.2) is 47.3 Å². The Morgan fingerprint density at radius 2 is 1.77 bits per heavy atom. The van der Waals surface area contributed by atoms with Gasteiger partial charge in [0.2, 0.25) is 0 Å². The minimum atomic E-state index is -0.418. The van der Waals surface area contributed by atoms with E-state index in [1.807, 2.05) is 27.7 Å². The second kappa shape index (κ2) is 9.43. The number of hydrogen-bond acceptors (Lipinski definition) is 5. The zero-order valence-corrected chi connectivity index (χ0v) is 17.8. The van der Waals surface area contributed by atoms with E-state index >= 15 is 0 Å². The van der Waals surface area contributed by atoms with E-state index < -0.39 is 5.91 Å². The van der Waals surface area contributed by atoms with Crippen molar-refractivity contribution in [3.05, 3.63) is 58.5 Å². The number of aromatic nitrogens is 2. The first-order valence-corrected chi connectivity index (χ1v) is 10.1. The SMILES string of the molecule is CCOc1ccc(OCC)c(NC(=O)c2nn(CC(C)C)c(=O)c3ccccc23)c1. The van der Waals surface area contributed by atoms with E-state index in [0.717, 1.165) is 0 Å². The number of nitrogens with zero attached hydrogens (tertiary/aromatic N) is 2. The van der Waals surface area contributed by atoms with E-state index in [-0.39, 0.29) is 17.2 Å². The van der Waals surface area contributed by atoms with Crippen LogP contribution in [0.5, 0.6) is 11.5 Å². The molecular formula is C23H27N3O4. The largest absolute Gasteiger partial charge is 0.494 e. The van der Waals surface area contributed by atoms with Crippen LogP contribution < -0.4 is 20.3 Å². The second-order valence-corrected chi connectivity index (χ2v) is 7.25. The molecule has 0 bridgehead atoms. The van der Waals surface area contributed by atoms with Crippen molar-refractivity contribution in [1.82, 2.24) is 9.78 Å². The molecule has 3 aromatic rings. The van der Waals surface area contributed by atoms with E-state index in [1.165, 1.54) is 4.68 Å². The van der Waals surface area contributed by atoms with Gasteiger partial charge in [-0.05, 0) is 38.0 Å². The molecule has 0 aliphatic rings. The van der Waals surface area contributed by atoms with E-state index in [9.17, 15) is 9.59 Å². The molecule has 7 heteroatoms. The molecule has 30 heavy (non-hydrogen) atoms. The van der Waals surface area contributed by atoms with Gasteiger partial charge in [0, 0.05) is 18.0 Å². The summed E-state index contributed by atoms with van der Waals surface area (Å²) in [6.45, 7) is 9.15. The number of nitrogens with one attached hydrogen (secondary N) is 1. The molecule has 0 saturated carbocycles. The number of ether oxygens (including phenoxy) is 2. The Bertz CT molecular complexity index is 1110. The van der Waals surface area contributed by atoms with Gasteiger partial charge in [0.25, 0.3) is 11.5 Å². The fourth-order valence-corrected chi connectivity index (χ4v) is 3.20. The fraction of sp³-hybridized carbons (Fsp3) is 0.348. The summed E-state index contributed by atoms with van der Waals surface area (Å²) in [7, 11) is 0. The van der Waals surface area contributed by atoms with Crippen molar-refractivity contribution in [2.45, 2.75) is 34.2 Å². The fourth-order valence-electron chi connectivity index (χ4n) is 3.20. The first kappa shape index (κ1) is 21.4. The Morgan fingerprint density at radius 1 is 1.07 bits per heavy atom. The molecule has 0 atom stereocenters. The number of fused-ring (bicyclic) bond motifs is 1. The van der Waals surface area contributed by atoms with Crippen molar-refractivity contribution in [3.8, 4) is 11.5 Å². The lowest BCUT2D eigenvalue weighted by molar-refractivity contribution is 0.102. The quantitative estimate of drug-likeness (QED) is 0.606. The number of hydrogen-bond donors (Lipinski definition) is 1. The average molecular weight is 409 g/mol. The molecule has 0 spiro atoms. The van der Waals surface area contributed by atoms with Crippen LogP contribution in [0, 0.1) is 5.92 Å². The number of carbonyl (C=O) groups is 1. The molecule has 7 nitrogen and oxygen atoms in total. The zero-order chi connectivity index (χ0) is 21.7. The summed E-state index contributed by atoms with van der Waals surface area (Å²) in [5.74, 6) is 0.950. The molecule has 0 saturated heterocycles.